The number of ether oxygens (including phenoxy) is 1. The first kappa shape index (κ1) is 15.9. The first-order valence-electron chi connectivity index (χ1n) is 7.77. The number of carbonyl (C=O) groups excluding carboxylic acids is 2. The Morgan fingerprint density at radius 3 is 2.29 bits per heavy atom. The quantitative estimate of drug-likeness (QED) is 0.789. The average Bonchev–Trinajstić information content (AvgIpc) is 3.40. The van der Waals surface area contributed by atoms with Gasteiger partial charge in [-0.2, -0.15) is 0 Å². The summed E-state index contributed by atoms with van der Waals surface area (Å²) in [6, 6.07) is 14.0. The van der Waals surface area contributed by atoms with Crippen molar-refractivity contribution < 1.29 is 14.3 Å². The summed E-state index contributed by atoms with van der Waals surface area (Å²) in [5.41, 5.74) is 1.84. The predicted octanol–water partition coefficient (Wildman–Crippen LogP) is 3.23. The molecule has 0 aromatic heterocycles. The van der Waals surface area contributed by atoms with Crippen molar-refractivity contribution in [2.45, 2.75) is 18.9 Å². The molecule has 2 aromatic rings. The van der Waals surface area contributed by atoms with E-state index in [1.54, 1.807) is 55.6 Å². The molecule has 1 fully saturated rings. The third-order valence-corrected chi connectivity index (χ3v) is 3.65. The Kier molecular flexibility index (Phi) is 4.65. The van der Waals surface area contributed by atoms with Gasteiger partial charge < -0.3 is 20.7 Å². The van der Waals surface area contributed by atoms with Crippen molar-refractivity contribution in [3.8, 4) is 5.75 Å². The van der Waals surface area contributed by atoms with E-state index >= 15 is 0 Å². The van der Waals surface area contributed by atoms with Crippen LogP contribution in [0.25, 0.3) is 0 Å². The van der Waals surface area contributed by atoms with Crippen molar-refractivity contribution in [2.24, 2.45) is 0 Å². The van der Waals surface area contributed by atoms with Crippen molar-refractivity contribution in [2.75, 3.05) is 17.7 Å². The van der Waals surface area contributed by atoms with E-state index < -0.39 is 0 Å². The van der Waals surface area contributed by atoms with Crippen LogP contribution in [0.15, 0.2) is 48.5 Å². The predicted molar refractivity (Wildman–Crippen MR) is 92.6 cm³/mol. The number of amides is 3. The van der Waals surface area contributed by atoms with Crippen LogP contribution < -0.4 is 20.7 Å². The lowest BCUT2D eigenvalue weighted by molar-refractivity contribution is 0.102. The van der Waals surface area contributed by atoms with Crippen molar-refractivity contribution in [1.82, 2.24) is 5.32 Å². The minimum absolute atomic E-state index is 0.203. The Morgan fingerprint density at radius 2 is 1.67 bits per heavy atom. The fraction of sp³-hybridized carbons (Fsp3) is 0.222. The Morgan fingerprint density at radius 1 is 1.00 bits per heavy atom. The topological polar surface area (TPSA) is 79.5 Å². The molecule has 0 radical (unpaired) electrons. The third kappa shape index (κ3) is 4.25. The van der Waals surface area contributed by atoms with Crippen LogP contribution in [0, 0.1) is 0 Å². The number of rotatable bonds is 5. The molecular weight excluding hydrogens is 306 g/mol. The van der Waals surface area contributed by atoms with Crippen molar-refractivity contribution in [3.63, 3.8) is 0 Å². The average molecular weight is 325 g/mol. The largest absolute Gasteiger partial charge is 0.497 e. The summed E-state index contributed by atoms with van der Waals surface area (Å²) in [6.07, 6.45) is 2.09. The molecule has 124 valence electrons. The molecule has 2 aromatic carbocycles. The first-order valence-corrected chi connectivity index (χ1v) is 7.77. The smallest absolute Gasteiger partial charge is 0.319 e. The van der Waals surface area contributed by atoms with Crippen LogP contribution in [0.2, 0.25) is 0 Å². The third-order valence-electron chi connectivity index (χ3n) is 3.65. The second-order valence-electron chi connectivity index (χ2n) is 5.64. The van der Waals surface area contributed by atoms with E-state index in [2.05, 4.69) is 16.0 Å². The first-order chi connectivity index (χ1) is 11.6. The monoisotopic (exact) mass is 325 g/mol. The lowest BCUT2D eigenvalue weighted by atomic mass is 10.2. The highest BCUT2D eigenvalue weighted by molar-refractivity contribution is 6.04. The summed E-state index contributed by atoms with van der Waals surface area (Å²) >= 11 is 0. The summed E-state index contributed by atoms with van der Waals surface area (Å²) in [6.45, 7) is 0. The number of hydrogen-bond acceptors (Lipinski definition) is 3. The van der Waals surface area contributed by atoms with Gasteiger partial charge in [0.15, 0.2) is 0 Å². The minimum Gasteiger partial charge on any atom is -0.497 e. The zero-order chi connectivity index (χ0) is 16.9. The van der Waals surface area contributed by atoms with E-state index in [9.17, 15) is 9.59 Å². The number of benzene rings is 2. The van der Waals surface area contributed by atoms with Gasteiger partial charge in [0.05, 0.1) is 7.11 Å². The Bertz CT molecular complexity index is 739. The van der Waals surface area contributed by atoms with E-state index in [0.29, 0.717) is 28.7 Å². The molecule has 3 rings (SSSR count). The second kappa shape index (κ2) is 7.04. The van der Waals surface area contributed by atoms with Gasteiger partial charge in [0.25, 0.3) is 5.91 Å². The van der Waals surface area contributed by atoms with Gasteiger partial charge in [-0.3, -0.25) is 4.79 Å². The summed E-state index contributed by atoms with van der Waals surface area (Å²) in [5.74, 6) is 0.407. The highest BCUT2D eigenvalue weighted by Gasteiger charge is 2.23. The number of urea groups is 1. The van der Waals surface area contributed by atoms with Crippen molar-refractivity contribution in [3.05, 3.63) is 54.1 Å². The molecule has 0 saturated heterocycles. The maximum Gasteiger partial charge on any atom is 0.319 e. The molecule has 1 aliphatic rings. The zero-order valence-electron chi connectivity index (χ0n) is 13.3. The van der Waals surface area contributed by atoms with E-state index in [1.165, 1.54) is 0 Å². The van der Waals surface area contributed by atoms with Crippen LogP contribution in [0.1, 0.15) is 23.2 Å². The number of methoxy groups -OCH3 is 1. The van der Waals surface area contributed by atoms with E-state index in [0.717, 1.165) is 12.8 Å². The molecule has 3 amide bonds. The van der Waals surface area contributed by atoms with Crippen LogP contribution >= 0.6 is 0 Å². The van der Waals surface area contributed by atoms with E-state index in [-0.39, 0.29) is 11.9 Å². The van der Waals surface area contributed by atoms with E-state index in [1.807, 2.05) is 0 Å². The van der Waals surface area contributed by atoms with Crippen molar-refractivity contribution in [1.29, 1.82) is 0 Å². The Hall–Kier alpha value is -3.02. The molecule has 6 heteroatoms. The molecule has 1 aliphatic carbocycles. The fourth-order valence-corrected chi connectivity index (χ4v) is 2.18. The number of carbonyl (C=O) groups is 2. The number of hydrogen-bond donors (Lipinski definition) is 3. The van der Waals surface area contributed by atoms with Gasteiger partial charge in [-0.15, -0.1) is 0 Å². The molecule has 1 saturated carbocycles. The van der Waals surface area contributed by atoms with Crippen LogP contribution in [0.5, 0.6) is 5.75 Å². The van der Waals surface area contributed by atoms with Crippen LogP contribution in [-0.4, -0.2) is 25.1 Å². The van der Waals surface area contributed by atoms with Crippen LogP contribution in [0.3, 0.4) is 0 Å². The molecule has 3 N–H and O–H groups in total. The van der Waals surface area contributed by atoms with Gasteiger partial charge in [0.2, 0.25) is 0 Å². The highest BCUT2D eigenvalue weighted by Crippen LogP contribution is 2.20. The van der Waals surface area contributed by atoms with E-state index in [4.69, 9.17) is 4.74 Å². The maximum atomic E-state index is 12.2. The molecule has 0 heterocycles. The summed E-state index contributed by atoms with van der Waals surface area (Å²) in [5, 5.41) is 8.42. The minimum atomic E-state index is -0.221. The van der Waals surface area contributed by atoms with Gasteiger partial charge >= 0.3 is 6.03 Å². The Labute approximate surface area is 140 Å². The van der Waals surface area contributed by atoms with Crippen LogP contribution in [0.4, 0.5) is 16.2 Å². The molecule has 0 bridgehead atoms. The number of anilines is 2. The standard InChI is InChI=1S/C18H19N3O3/c1-24-16-4-2-3-12(11-16)17(22)19-13-5-7-14(8-6-13)20-18(23)21-15-9-10-15/h2-8,11,15H,9-10H2,1H3,(H,19,22)(H2,20,21,23). The SMILES string of the molecule is COc1cccc(C(=O)Nc2ccc(NC(=O)NC3CC3)cc2)c1. The van der Waals surface area contributed by atoms with Gasteiger partial charge in [-0.25, -0.2) is 4.79 Å². The highest BCUT2D eigenvalue weighted by atomic mass is 16.5. The second-order valence-corrected chi connectivity index (χ2v) is 5.64. The summed E-state index contributed by atoms with van der Waals surface area (Å²) in [7, 11) is 1.56. The summed E-state index contributed by atoms with van der Waals surface area (Å²) in [4.78, 5) is 23.9. The summed E-state index contributed by atoms with van der Waals surface area (Å²) < 4.78 is 5.11. The maximum absolute atomic E-state index is 12.2. The molecule has 0 atom stereocenters. The molecular formula is C18H19N3O3. The molecule has 6 nitrogen and oxygen atoms in total. The number of nitrogens with one attached hydrogen (secondary N) is 3. The normalized spacial score (nSPS) is 13.0. The molecule has 0 spiro atoms. The van der Waals surface area contributed by atoms with Gasteiger partial charge in [0.1, 0.15) is 5.75 Å². The fourth-order valence-electron chi connectivity index (χ4n) is 2.18. The van der Waals surface area contributed by atoms with Gasteiger partial charge in [0, 0.05) is 23.0 Å². The molecule has 0 unspecified atom stereocenters. The van der Waals surface area contributed by atoms with Crippen molar-refractivity contribution >= 4 is 23.3 Å². The Balaban J connectivity index is 1.58. The molecule has 24 heavy (non-hydrogen) atoms. The van der Waals surface area contributed by atoms with Gasteiger partial charge in [-0.05, 0) is 55.3 Å². The lowest BCUT2D eigenvalue weighted by Crippen LogP contribution is -2.30. The van der Waals surface area contributed by atoms with Gasteiger partial charge in [-0.1, -0.05) is 6.07 Å². The molecule has 0 aliphatic heterocycles. The zero-order valence-corrected chi connectivity index (χ0v) is 13.3. The lowest BCUT2D eigenvalue weighted by Gasteiger charge is -2.09. The van der Waals surface area contributed by atoms with Crippen LogP contribution in [-0.2, 0) is 0 Å².